The number of carbonyl (C=O) groups is 2. The van der Waals surface area contributed by atoms with Crippen molar-refractivity contribution in [2.45, 2.75) is 45.3 Å². The molecule has 0 unspecified atom stereocenters. The molecule has 0 radical (unpaired) electrons. The zero-order valence-electron chi connectivity index (χ0n) is 14.2. The normalized spacial score (nSPS) is 18.5. The molecule has 1 fully saturated rings. The van der Waals surface area contributed by atoms with E-state index in [4.69, 9.17) is 4.74 Å². The Kier molecular flexibility index (Phi) is 5.75. The number of ketones is 1. The van der Waals surface area contributed by atoms with E-state index in [0.29, 0.717) is 24.6 Å². The van der Waals surface area contributed by atoms with Gasteiger partial charge in [-0.15, -0.1) is 11.3 Å². The lowest BCUT2D eigenvalue weighted by molar-refractivity contribution is 0.0205. The molecule has 1 aliphatic heterocycles. The highest BCUT2D eigenvalue weighted by Gasteiger charge is 2.33. The van der Waals surface area contributed by atoms with Crippen LogP contribution in [0.4, 0.5) is 4.79 Å². The molecule has 1 atom stereocenters. The van der Waals surface area contributed by atoms with E-state index in [1.807, 2.05) is 32.7 Å². The van der Waals surface area contributed by atoms with E-state index in [9.17, 15) is 9.59 Å². The zero-order valence-corrected chi connectivity index (χ0v) is 15.1. The standard InChI is InChI=1S/C16H25N3O3S/c1-16(2,3)22-15(21)19-8-5-6-12(19)10-18(4)11-13(20)14-17-7-9-23-14/h7,9,12H,5-6,8,10-11H2,1-4H3/t12-/m0/s1. The van der Waals surface area contributed by atoms with Crippen LogP contribution in [0, 0.1) is 0 Å². The van der Waals surface area contributed by atoms with Crippen molar-refractivity contribution in [2.75, 3.05) is 26.7 Å². The van der Waals surface area contributed by atoms with E-state index in [2.05, 4.69) is 4.98 Å². The van der Waals surface area contributed by atoms with Gasteiger partial charge in [-0.2, -0.15) is 0 Å². The third-order valence-electron chi connectivity index (χ3n) is 3.61. The second-order valence-corrected chi connectivity index (χ2v) is 7.82. The number of nitrogens with zero attached hydrogens (tertiary/aromatic N) is 3. The van der Waals surface area contributed by atoms with Gasteiger partial charge in [0.1, 0.15) is 5.60 Å². The first kappa shape index (κ1) is 17.9. The summed E-state index contributed by atoms with van der Waals surface area (Å²) in [4.78, 5) is 32.2. The molecule has 0 aliphatic carbocycles. The molecule has 0 saturated carbocycles. The number of likely N-dealkylation sites (tertiary alicyclic amines) is 1. The van der Waals surface area contributed by atoms with Crippen molar-refractivity contribution in [3.8, 4) is 0 Å². The molecule has 2 rings (SSSR count). The van der Waals surface area contributed by atoms with Crippen LogP contribution in [-0.2, 0) is 4.74 Å². The predicted octanol–water partition coefficient (Wildman–Crippen LogP) is 2.66. The third kappa shape index (κ3) is 5.28. The summed E-state index contributed by atoms with van der Waals surface area (Å²) in [6.45, 7) is 7.30. The Balaban J connectivity index is 1.88. The van der Waals surface area contributed by atoms with Crippen LogP contribution < -0.4 is 0 Å². The van der Waals surface area contributed by atoms with E-state index in [0.717, 1.165) is 12.8 Å². The first-order chi connectivity index (χ1) is 10.8. The van der Waals surface area contributed by atoms with Gasteiger partial charge < -0.3 is 9.64 Å². The summed E-state index contributed by atoms with van der Waals surface area (Å²) in [5, 5.41) is 2.33. The maximum Gasteiger partial charge on any atom is 0.410 e. The van der Waals surface area contributed by atoms with Crippen LogP contribution in [0.3, 0.4) is 0 Å². The first-order valence-corrected chi connectivity index (χ1v) is 8.75. The lowest BCUT2D eigenvalue weighted by Crippen LogP contribution is -2.45. The average Bonchev–Trinajstić information content (AvgIpc) is 3.06. The van der Waals surface area contributed by atoms with Crippen LogP contribution in [0.15, 0.2) is 11.6 Å². The molecule has 0 aromatic carbocycles. The lowest BCUT2D eigenvalue weighted by atomic mass is 10.2. The van der Waals surface area contributed by atoms with Crippen LogP contribution in [-0.4, -0.2) is 65.0 Å². The summed E-state index contributed by atoms with van der Waals surface area (Å²) in [7, 11) is 1.90. The molecular weight excluding hydrogens is 314 g/mol. The molecule has 1 aromatic rings. The van der Waals surface area contributed by atoms with Gasteiger partial charge >= 0.3 is 6.09 Å². The zero-order chi connectivity index (χ0) is 17.0. The summed E-state index contributed by atoms with van der Waals surface area (Å²) in [5.41, 5.74) is -0.489. The van der Waals surface area contributed by atoms with Gasteiger partial charge in [-0.05, 0) is 40.7 Å². The number of carbonyl (C=O) groups excluding carboxylic acids is 2. The van der Waals surface area contributed by atoms with Crippen LogP contribution >= 0.6 is 11.3 Å². The van der Waals surface area contributed by atoms with E-state index < -0.39 is 5.60 Å². The van der Waals surface area contributed by atoms with Gasteiger partial charge in [0.2, 0.25) is 5.78 Å². The number of hydrogen-bond acceptors (Lipinski definition) is 6. The molecule has 6 nitrogen and oxygen atoms in total. The van der Waals surface area contributed by atoms with Crippen molar-refractivity contribution in [1.29, 1.82) is 0 Å². The number of likely N-dealkylation sites (N-methyl/N-ethyl adjacent to an activating group) is 1. The van der Waals surface area contributed by atoms with Gasteiger partial charge in [0.25, 0.3) is 0 Å². The Morgan fingerprint density at radius 2 is 2.22 bits per heavy atom. The number of thiazole rings is 1. The van der Waals surface area contributed by atoms with Crippen LogP contribution in [0.5, 0.6) is 0 Å². The summed E-state index contributed by atoms with van der Waals surface area (Å²) < 4.78 is 5.47. The van der Waals surface area contributed by atoms with Gasteiger partial charge in [-0.1, -0.05) is 0 Å². The fourth-order valence-electron chi connectivity index (χ4n) is 2.68. The number of ether oxygens (including phenoxy) is 1. The van der Waals surface area contributed by atoms with Gasteiger partial charge in [0.05, 0.1) is 6.54 Å². The molecule has 0 spiro atoms. The predicted molar refractivity (Wildman–Crippen MR) is 89.9 cm³/mol. The van der Waals surface area contributed by atoms with Crippen LogP contribution in [0.1, 0.15) is 43.4 Å². The minimum absolute atomic E-state index is 0.0179. The number of rotatable bonds is 5. The fourth-order valence-corrected chi connectivity index (χ4v) is 3.25. The maximum atomic E-state index is 12.3. The molecule has 1 aliphatic rings. The Hall–Kier alpha value is -1.47. The Morgan fingerprint density at radius 1 is 1.48 bits per heavy atom. The van der Waals surface area contributed by atoms with Crippen LogP contribution in [0.2, 0.25) is 0 Å². The molecule has 1 amide bonds. The number of aromatic nitrogens is 1. The van der Waals surface area contributed by atoms with Crippen molar-refractivity contribution in [1.82, 2.24) is 14.8 Å². The first-order valence-electron chi connectivity index (χ1n) is 7.87. The van der Waals surface area contributed by atoms with Gasteiger partial charge in [0, 0.05) is 30.7 Å². The van der Waals surface area contributed by atoms with E-state index >= 15 is 0 Å². The number of hydrogen-bond donors (Lipinski definition) is 0. The fraction of sp³-hybridized carbons (Fsp3) is 0.688. The Morgan fingerprint density at radius 3 is 2.83 bits per heavy atom. The van der Waals surface area contributed by atoms with Crippen molar-refractivity contribution in [3.63, 3.8) is 0 Å². The SMILES string of the molecule is CN(CC(=O)c1nccs1)C[C@@H]1CCCN1C(=O)OC(C)(C)C. The van der Waals surface area contributed by atoms with E-state index in [1.165, 1.54) is 11.3 Å². The topological polar surface area (TPSA) is 62.7 Å². The summed E-state index contributed by atoms with van der Waals surface area (Å²) in [6.07, 6.45) is 3.28. The van der Waals surface area contributed by atoms with Gasteiger partial charge in [-0.25, -0.2) is 9.78 Å². The largest absolute Gasteiger partial charge is 0.444 e. The average molecular weight is 339 g/mol. The highest BCUT2D eigenvalue weighted by molar-refractivity contribution is 7.11. The molecule has 7 heteroatoms. The second kappa shape index (κ2) is 7.40. The number of Topliss-reactive ketones (excluding diaryl/α,β-unsaturated/α-hetero) is 1. The highest BCUT2D eigenvalue weighted by Crippen LogP contribution is 2.21. The summed E-state index contributed by atoms with van der Waals surface area (Å²) in [5.74, 6) is 0.0179. The maximum absolute atomic E-state index is 12.3. The molecule has 0 N–H and O–H groups in total. The van der Waals surface area contributed by atoms with Crippen molar-refractivity contribution >= 4 is 23.2 Å². The monoisotopic (exact) mass is 339 g/mol. The minimum Gasteiger partial charge on any atom is -0.444 e. The second-order valence-electron chi connectivity index (χ2n) is 6.93. The molecule has 0 bridgehead atoms. The summed E-state index contributed by atoms with van der Waals surface area (Å²) in [6, 6.07) is 0.0962. The molecule has 23 heavy (non-hydrogen) atoms. The van der Waals surface area contributed by atoms with E-state index in [-0.39, 0.29) is 17.9 Å². The molecular formula is C16H25N3O3S. The molecule has 2 heterocycles. The van der Waals surface area contributed by atoms with Crippen molar-refractivity contribution in [3.05, 3.63) is 16.6 Å². The smallest absolute Gasteiger partial charge is 0.410 e. The third-order valence-corrected chi connectivity index (χ3v) is 4.43. The number of amides is 1. The minimum atomic E-state index is -0.489. The quantitative estimate of drug-likeness (QED) is 0.772. The van der Waals surface area contributed by atoms with E-state index in [1.54, 1.807) is 16.5 Å². The lowest BCUT2D eigenvalue weighted by Gasteiger charge is -2.30. The van der Waals surface area contributed by atoms with Gasteiger partial charge in [-0.3, -0.25) is 9.69 Å². The Labute approximate surface area is 141 Å². The molecule has 1 aromatic heterocycles. The molecule has 128 valence electrons. The molecule has 1 saturated heterocycles. The van der Waals surface area contributed by atoms with Crippen molar-refractivity contribution in [2.24, 2.45) is 0 Å². The Bertz CT molecular complexity index is 539. The highest BCUT2D eigenvalue weighted by atomic mass is 32.1. The van der Waals surface area contributed by atoms with Gasteiger partial charge in [0.15, 0.2) is 5.01 Å². The van der Waals surface area contributed by atoms with Crippen LogP contribution in [0.25, 0.3) is 0 Å². The van der Waals surface area contributed by atoms with Crippen molar-refractivity contribution < 1.29 is 14.3 Å². The summed E-state index contributed by atoms with van der Waals surface area (Å²) >= 11 is 1.36.